The number of nitrogens with one attached hydrogen (secondary N) is 1. The van der Waals surface area contributed by atoms with Crippen molar-refractivity contribution >= 4 is 17.5 Å². The zero-order valence-electron chi connectivity index (χ0n) is 11.5. The van der Waals surface area contributed by atoms with Crippen molar-refractivity contribution in [3.05, 3.63) is 71.7 Å². The minimum Gasteiger partial charge on any atom is -0.348 e. The number of hydrogen-bond donors (Lipinski definition) is 1. The predicted octanol–water partition coefficient (Wildman–Crippen LogP) is 2.25. The molecule has 3 rings (SSSR count). The van der Waals surface area contributed by atoms with Crippen LogP contribution in [0.15, 0.2) is 55.4 Å². The highest BCUT2D eigenvalue weighted by molar-refractivity contribution is 6.29. The lowest BCUT2D eigenvalue weighted by molar-refractivity contribution is 0.0951. The Labute approximate surface area is 131 Å². The Bertz CT molecular complexity index is 788. The van der Waals surface area contributed by atoms with Crippen LogP contribution in [0.2, 0.25) is 5.15 Å². The molecule has 3 aromatic rings. The molecule has 0 saturated heterocycles. The number of nitrogens with zero attached hydrogens (tertiary/aromatic N) is 4. The normalized spacial score (nSPS) is 10.4. The van der Waals surface area contributed by atoms with Crippen molar-refractivity contribution in [3.8, 4) is 5.82 Å². The highest BCUT2D eigenvalue weighted by Gasteiger charge is 2.09. The number of pyridine rings is 2. The molecule has 0 saturated carbocycles. The first-order chi connectivity index (χ1) is 10.7. The lowest BCUT2D eigenvalue weighted by Crippen LogP contribution is -2.23. The van der Waals surface area contributed by atoms with Crippen molar-refractivity contribution in [3.63, 3.8) is 0 Å². The topological polar surface area (TPSA) is 72.7 Å². The third-order valence-corrected chi connectivity index (χ3v) is 3.25. The maximum Gasteiger partial charge on any atom is 0.251 e. The van der Waals surface area contributed by atoms with Crippen LogP contribution in [0.25, 0.3) is 5.82 Å². The van der Waals surface area contributed by atoms with E-state index in [-0.39, 0.29) is 11.1 Å². The molecule has 0 spiro atoms. The number of carbonyl (C=O) groups is 1. The summed E-state index contributed by atoms with van der Waals surface area (Å²) in [5.74, 6) is 0.512. The number of aromatic nitrogens is 4. The Hall–Kier alpha value is -2.73. The van der Waals surface area contributed by atoms with E-state index >= 15 is 0 Å². The summed E-state index contributed by atoms with van der Waals surface area (Å²) in [6.45, 7) is 0.347. The van der Waals surface area contributed by atoms with E-state index in [9.17, 15) is 4.79 Å². The summed E-state index contributed by atoms with van der Waals surface area (Å²) in [4.78, 5) is 24.3. The van der Waals surface area contributed by atoms with E-state index in [1.54, 1.807) is 35.6 Å². The maximum atomic E-state index is 12.1. The van der Waals surface area contributed by atoms with Gasteiger partial charge in [-0.25, -0.2) is 15.0 Å². The van der Waals surface area contributed by atoms with Gasteiger partial charge in [0.15, 0.2) is 0 Å². The fraction of sp³-hybridized carbons (Fsp3) is 0.0667. The van der Waals surface area contributed by atoms with Crippen molar-refractivity contribution in [2.24, 2.45) is 0 Å². The minimum absolute atomic E-state index is 0.218. The lowest BCUT2D eigenvalue weighted by Gasteiger charge is -2.10. The largest absolute Gasteiger partial charge is 0.348 e. The molecule has 6 nitrogen and oxygen atoms in total. The average molecular weight is 314 g/mol. The molecular weight excluding hydrogens is 302 g/mol. The molecule has 22 heavy (non-hydrogen) atoms. The molecule has 7 heteroatoms. The molecule has 3 aromatic heterocycles. The summed E-state index contributed by atoms with van der Waals surface area (Å²) in [7, 11) is 0. The lowest BCUT2D eigenvalue weighted by atomic mass is 10.2. The molecule has 0 fully saturated rings. The summed E-state index contributed by atoms with van der Waals surface area (Å²) in [6, 6.07) is 6.87. The van der Waals surface area contributed by atoms with E-state index < -0.39 is 0 Å². The van der Waals surface area contributed by atoms with Gasteiger partial charge in [0.1, 0.15) is 17.3 Å². The van der Waals surface area contributed by atoms with Crippen LogP contribution in [0.5, 0.6) is 0 Å². The van der Waals surface area contributed by atoms with Gasteiger partial charge in [0, 0.05) is 42.5 Å². The van der Waals surface area contributed by atoms with Gasteiger partial charge in [0.2, 0.25) is 0 Å². The van der Waals surface area contributed by atoms with Gasteiger partial charge < -0.3 is 5.32 Å². The zero-order chi connectivity index (χ0) is 15.4. The third kappa shape index (κ3) is 3.12. The Balaban J connectivity index is 1.76. The summed E-state index contributed by atoms with van der Waals surface area (Å²) in [6.07, 6.45) is 8.34. The Morgan fingerprint density at radius 1 is 1.23 bits per heavy atom. The highest BCUT2D eigenvalue weighted by atomic mass is 35.5. The molecule has 0 radical (unpaired) electrons. The third-order valence-electron chi connectivity index (χ3n) is 3.04. The van der Waals surface area contributed by atoms with Gasteiger partial charge in [-0.05, 0) is 18.2 Å². The molecule has 0 bridgehead atoms. The molecule has 0 aliphatic heterocycles. The standard InChI is InChI=1S/C15H12ClN5O/c16-13-8-11(3-5-18-13)15(22)20-9-12-2-1-4-19-14(12)21-7-6-17-10-21/h1-8,10H,9H2,(H,20,22). The predicted molar refractivity (Wildman–Crippen MR) is 81.8 cm³/mol. The van der Waals surface area contributed by atoms with Crippen molar-refractivity contribution < 1.29 is 4.79 Å². The quantitative estimate of drug-likeness (QED) is 0.750. The maximum absolute atomic E-state index is 12.1. The monoisotopic (exact) mass is 313 g/mol. The van der Waals surface area contributed by atoms with E-state index in [4.69, 9.17) is 11.6 Å². The van der Waals surface area contributed by atoms with Gasteiger partial charge in [-0.15, -0.1) is 0 Å². The molecule has 0 aliphatic rings. The molecule has 0 aromatic carbocycles. The second-order valence-corrected chi connectivity index (χ2v) is 4.89. The van der Waals surface area contributed by atoms with Gasteiger partial charge in [-0.1, -0.05) is 17.7 Å². The molecule has 1 amide bonds. The van der Waals surface area contributed by atoms with Gasteiger partial charge >= 0.3 is 0 Å². The molecular formula is C15H12ClN5O. The zero-order valence-corrected chi connectivity index (χ0v) is 12.2. The first-order valence-corrected chi connectivity index (χ1v) is 6.94. The van der Waals surface area contributed by atoms with Crippen LogP contribution in [0.3, 0.4) is 0 Å². The SMILES string of the molecule is O=C(NCc1cccnc1-n1ccnc1)c1ccnc(Cl)c1. The van der Waals surface area contributed by atoms with Crippen molar-refractivity contribution in [1.82, 2.24) is 24.8 Å². The van der Waals surface area contributed by atoms with E-state index in [0.717, 1.165) is 11.4 Å². The van der Waals surface area contributed by atoms with Crippen molar-refractivity contribution in [2.75, 3.05) is 0 Å². The molecule has 0 unspecified atom stereocenters. The van der Waals surface area contributed by atoms with Crippen LogP contribution in [-0.2, 0) is 6.54 Å². The number of rotatable bonds is 4. The second kappa shape index (κ2) is 6.36. The fourth-order valence-corrected chi connectivity index (χ4v) is 2.18. The number of imidazole rings is 1. The Morgan fingerprint density at radius 3 is 2.91 bits per heavy atom. The van der Waals surface area contributed by atoms with Gasteiger partial charge in [-0.2, -0.15) is 0 Å². The average Bonchev–Trinajstić information content (AvgIpc) is 3.07. The molecule has 110 valence electrons. The summed E-state index contributed by atoms with van der Waals surface area (Å²) in [5, 5.41) is 3.13. The smallest absolute Gasteiger partial charge is 0.251 e. The highest BCUT2D eigenvalue weighted by Crippen LogP contribution is 2.11. The first-order valence-electron chi connectivity index (χ1n) is 6.56. The van der Waals surface area contributed by atoms with Crippen LogP contribution in [0.4, 0.5) is 0 Å². The fourth-order valence-electron chi connectivity index (χ4n) is 2.01. The molecule has 3 heterocycles. The Morgan fingerprint density at radius 2 is 2.14 bits per heavy atom. The van der Waals surface area contributed by atoms with Crippen LogP contribution in [-0.4, -0.2) is 25.4 Å². The van der Waals surface area contributed by atoms with Gasteiger partial charge in [0.05, 0.1) is 0 Å². The van der Waals surface area contributed by atoms with Gasteiger partial charge in [-0.3, -0.25) is 9.36 Å². The molecule has 0 aliphatic carbocycles. The summed E-state index contributed by atoms with van der Waals surface area (Å²) in [5.41, 5.74) is 1.35. The Kier molecular flexibility index (Phi) is 4.11. The minimum atomic E-state index is -0.218. The number of hydrogen-bond acceptors (Lipinski definition) is 4. The molecule has 0 atom stereocenters. The van der Waals surface area contributed by atoms with E-state index in [2.05, 4.69) is 20.3 Å². The van der Waals surface area contributed by atoms with Crippen LogP contribution >= 0.6 is 11.6 Å². The van der Waals surface area contributed by atoms with E-state index in [1.165, 1.54) is 12.3 Å². The number of halogens is 1. The number of amides is 1. The second-order valence-electron chi connectivity index (χ2n) is 4.51. The van der Waals surface area contributed by atoms with Crippen molar-refractivity contribution in [1.29, 1.82) is 0 Å². The first kappa shape index (κ1) is 14.2. The molecule has 1 N–H and O–H groups in total. The summed E-state index contributed by atoms with van der Waals surface area (Å²) < 4.78 is 1.80. The van der Waals surface area contributed by atoms with Gasteiger partial charge in [0.25, 0.3) is 5.91 Å². The van der Waals surface area contributed by atoms with Crippen LogP contribution < -0.4 is 5.32 Å². The van der Waals surface area contributed by atoms with Crippen LogP contribution in [0.1, 0.15) is 15.9 Å². The van der Waals surface area contributed by atoms with E-state index in [0.29, 0.717) is 12.1 Å². The van der Waals surface area contributed by atoms with Crippen molar-refractivity contribution in [2.45, 2.75) is 6.54 Å². The number of carbonyl (C=O) groups excluding carboxylic acids is 1. The van der Waals surface area contributed by atoms with E-state index in [1.807, 2.05) is 12.1 Å². The van der Waals surface area contributed by atoms with Crippen LogP contribution in [0, 0.1) is 0 Å². The summed E-state index contributed by atoms with van der Waals surface area (Å²) >= 11 is 5.79.